The van der Waals surface area contributed by atoms with E-state index < -0.39 is 48.4 Å². The van der Waals surface area contributed by atoms with Gasteiger partial charge >= 0.3 is 12.2 Å². The number of halogens is 3. The molecule has 2 aromatic carbocycles. The Balaban J connectivity index is 1.43. The first-order valence-electron chi connectivity index (χ1n) is 12.8. The number of rotatable bonds is 8. The van der Waals surface area contributed by atoms with Gasteiger partial charge in [0, 0.05) is 36.3 Å². The van der Waals surface area contributed by atoms with Gasteiger partial charge in [-0.15, -0.1) is 0 Å². The number of carbonyl (C=O) groups excluding carboxylic acids is 2. The van der Waals surface area contributed by atoms with Crippen LogP contribution in [0.2, 0.25) is 0 Å². The number of hydrogen-bond donors (Lipinski definition) is 3. The number of anilines is 1. The third kappa shape index (κ3) is 8.17. The number of alkyl halides is 2. The second kappa shape index (κ2) is 12.3. The molecule has 222 valence electrons. The fourth-order valence-corrected chi connectivity index (χ4v) is 4.70. The monoisotopic (exact) mass is 602 g/mol. The largest absolute Gasteiger partial charge is 0.447 e. The molecule has 0 aliphatic carbocycles. The molecule has 0 saturated carbocycles. The number of aliphatic hydroxyl groups excluding tert-OH is 1. The van der Waals surface area contributed by atoms with E-state index >= 15 is 0 Å². The number of thiazole rings is 1. The van der Waals surface area contributed by atoms with Gasteiger partial charge in [0.15, 0.2) is 5.13 Å². The summed E-state index contributed by atoms with van der Waals surface area (Å²) < 4.78 is 51.3. The minimum atomic E-state index is -3.07. The standard InChI is InChI=1S/C29H29F3N4O5S/c1-28(2,3)41-27(39)35-21(24(37)16-7-9-20(10-8-16)29(4,31)32)15-40-26(38)36-25-34-14-22(42-25)17-5-6-18-13-33-23(30)12-19(18)11-17/h5-14,21,24,37H,15H2,1-4H3,(H,35,39)(H,34,36,38)/t21-,24+/m1/s1. The summed E-state index contributed by atoms with van der Waals surface area (Å²) in [4.78, 5) is 33.5. The zero-order chi connectivity index (χ0) is 30.7. The molecule has 4 aromatic rings. The van der Waals surface area contributed by atoms with Gasteiger partial charge in [-0.2, -0.15) is 4.39 Å². The van der Waals surface area contributed by atoms with Crippen LogP contribution >= 0.6 is 11.3 Å². The van der Waals surface area contributed by atoms with Crippen molar-refractivity contribution in [2.75, 3.05) is 11.9 Å². The molecule has 9 nitrogen and oxygen atoms in total. The van der Waals surface area contributed by atoms with Crippen molar-refractivity contribution in [3.63, 3.8) is 0 Å². The van der Waals surface area contributed by atoms with Gasteiger partial charge < -0.3 is 19.9 Å². The first kappa shape index (κ1) is 30.7. The van der Waals surface area contributed by atoms with E-state index in [9.17, 15) is 27.9 Å². The lowest BCUT2D eigenvalue weighted by molar-refractivity contribution is 0.0173. The Morgan fingerprint density at radius 1 is 0.976 bits per heavy atom. The van der Waals surface area contributed by atoms with Crippen molar-refractivity contribution in [3.05, 3.63) is 78.0 Å². The predicted octanol–water partition coefficient (Wildman–Crippen LogP) is 6.78. The number of ether oxygens (including phenoxy) is 2. The summed E-state index contributed by atoms with van der Waals surface area (Å²) >= 11 is 1.15. The van der Waals surface area contributed by atoms with Crippen LogP contribution < -0.4 is 10.6 Å². The molecule has 13 heteroatoms. The SMILES string of the molecule is CC(C)(C)OC(=O)N[C@H](COC(=O)Nc1ncc(-c2ccc3cnc(F)cc3c2)s1)[C@@H](O)c1ccc(C(C)(F)F)cc1. The molecule has 0 unspecified atom stereocenters. The first-order chi connectivity index (χ1) is 19.7. The van der Waals surface area contributed by atoms with Crippen LogP contribution in [0.4, 0.5) is 27.9 Å². The highest BCUT2D eigenvalue weighted by molar-refractivity contribution is 7.19. The lowest BCUT2D eigenvalue weighted by Crippen LogP contribution is -2.45. The van der Waals surface area contributed by atoms with Gasteiger partial charge in [-0.25, -0.2) is 28.3 Å². The quantitative estimate of drug-likeness (QED) is 0.190. The van der Waals surface area contributed by atoms with Crippen LogP contribution in [0.1, 0.15) is 44.9 Å². The molecule has 0 aliphatic heterocycles. The molecule has 0 spiro atoms. The zero-order valence-corrected chi connectivity index (χ0v) is 24.0. The van der Waals surface area contributed by atoms with E-state index in [2.05, 4.69) is 20.6 Å². The Kier molecular flexibility index (Phi) is 9.02. The van der Waals surface area contributed by atoms with Gasteiger partial charge in [-0.05, 0) is 43.4 Å². The van der Waals surface area contributed by atoms with Gasteiger partial charge in [0.2, 0.25) is 5.95 Å². The van der Waals surface area contributed by atoms with Crippen molar-refractivity contribution in [2.45, 2.75) is 51.4 Å². The van der Waals surface area contributed by atoms with E-state index in [0.29, 0.717) is 10.3 Å². The molecule has 0 bridgehead atoms. The number of hydrogen-bond acceptors (Lipinski definition) is 8. The fraction of sp³-hybridized carbons (Fsp3) is 0.310. The zero-order valence-electron chi connectivity index (χ0n) is 23.2. The molecule has 2 heterocycles. The summed E-state index contributed by atoms with van der Waals surface area (Å²) in [5, 5.41) is 17.5. The molecule has 2 atom stereocenters. The lowest BCUT2D eigenvalue weighted by atomic mass is 10.00. The number of alkyl carbamates (subject to hydrolysis) is 1. The number of carbonyl (C=O) groups is 2. The molecule has 2 amide bonds. The van der Waals surface area contributed by atoms with E-state index in [1.165, 1.54) is 36.5 Å². The van der Waals surface area contributed by atoms with Crippen molar-refractivity contribution in [3.8, 4) is 10.4 Å². The Bertz CT molecular complexity index is 1570. The Morgan fingerprint density at radius 3 is 2.36 bits per heavy atom. The molecule has 2 aromatic heterocycles. The maximum atomic E-state index is 13.6. The van der Waals surface area contributed by atoms with Crippen LogP contribution in [0.15, 0.2) is 60.9 Å². The van der Waals surface area contributed by atoms with Crippen LogP contribution in [-0.2, 0) is 15.4 Å². The molecular weight excluding hydrogens is 573 g/mol. The Labute approximate surface area is 243 Å². The molecule has 0 aliphatic rings. The summed E-state index contributed by atoms with van der Waals surface area (Å²) in [5.41, 5.74) is -0.126. The number of aliphatic hydroxyl groups is 1. The molecule has 0 radical (unpaired) electrons. The maximum Gasteiger partial charge on any atom is 0.413 e. The lowest BCUT2D eigenvalue weighted by Gasteiger charge is -2.27. The molecule has 4 rings (SSSR count). The van der Waals surface area contributed by atoms with Crippen LogP contribution in [0.5, 0.6) is 0 Å². The number of amides is 2. The number of fused-ring (bicyclic) bond motifs is 1. The second-order valence-corrected chi connectivity index (χ2v) is 11.6. The summed E-state index contributed by atoms with van der Waals surface area (Å²) in [5.74, 6) is -3.67. The van der Waals surface area contributed by atoms with Gasteiger partial charge in [-0.3, -0.25) is 5.32 Å². The van der Waals surface area contributed by atoms with Crippen molar-refractivity contribution in [2.24, 2.45) is 0 Å². The van der Waals surface area contributed by atoms with Gasteiger partial charge in [0.1, 0.15) is 18.3 Å². The predicted molar refractivity (Wildman–Crippen MR) is 152 cm³/mol. The van der Waals surface area contributed by atoms with E-state index in [1.807, 2.05) is 6.07 Å². The summed E-state index contributed by atoms with van der Waals surface area (Å²) in [6, 6.07) is 10.5. The fourth-order valence-electron chi connectivity index (χ4n) is 3.90. The van der Waals surface area contributed by atoms with Crippen LogP contribution in [0.3, 0.4) is 0 Å². The van der Waals surface area contributed by atoms with Gasteiger partial charge in [0.25, 0.3) is 5.92 Å². The number of pyridine rings is 1. The van der Waals surface area contributed by atoms with Crippen LogP contribution in [-0.4, -0.2) is 45.5 Å². The topological polar surface area (TPSA) is 123 Å². The second-order valence-electron chi connectivity index (χ2n) is 10.5. The Morgan fingerprint density at radius 2 is 1.69 bits per heavy atom. The number of aromatic nitrogens is 2. The normalized spacial score (nSPS) is 13.3. The minimum absolute atomic E-state index is 0.212. The van der Waals surface area contributed by atoms with Gasteiger partial charge in [-0.1, -0.05) is 47.7 Å². The molecule has 0 fully saturated rings. The molecular formula is C29H29F3N4O5S. The van der Waals surface area contributed by atoms with E-state index in [0.717, 1.165) is 29.2 Å². The summed E-state index contributed by atoms with van der Waals surface area (Å²) in [6.07, 6.45) is -0.233. The molecule has 3 N–H and O–H groups in total. The average molecular weight is 603 g/mol. The number of nitrogens with one attached hydrogen (secondary N) is 2. The smallest absolute Gasteiger partial charge is 0.413 e. The Hall–Kier alpha value is -4.23. The van der Waals surface area contributed by atoms with Crippen molar-refractivity contribution in [1.82, 2.24) is 15.3 Å². The van der Waals surface area contributed by atoms with Crippen molar-refractivity contribution in [1.29, 1.82) is 0 Å². The van der Waals surface area contributed by atoms with Crippen LogP contribution in [0.25, 0.3) is 21.2 Å². The number of benzene rings is 2. The maximum absolute atomic E-state index is 13.6. The minimum Gasteiger partial charge on any atom is -0.447 e. The van der Waals surface area contributed by atoms with Crippen LogP contribution in [0, 0.1) is 5.95 Å². The van der Waals surface area contributed by atoms with Crippen molar-refractivity contribution < 1.29 is 37.3 Å². The highest BCUT2D eigenvalue weighted by Gasteiger charge is 2.29. The van der Waals surface area contributed by atoms with E-state index in [-0.39, 0.29) is 16.3 Å². The van der Waals surface area contributed by atoms with Gasteiger partial charge in [0.05, 0.1) is 10.9 Å². The number of nitrogens with zero attached hydrogens (tertiary/aromatic N) is 2. The molecule has 0 saturated heterocycles. The highest BCUT2D eigenvalue weighted by atomic mass is 32.1. The van der Waals surface area contributed by atoms with E-state index in [1.54, 1.807) is 39.1 Å². The third-order valence-electron chi connectivity index (χ3n) is 5.92. The van der Waals surface area contributed by atoms with E-state index in [4.69, 9.17) is 9.47 Å². The summed E-state index contributed by atoms with van der Waals surface area (Å²) in [6.45, 7) is 5.23. The van der Waals surface area contributed by atoms with Crippen molar-refractivity contribution >= 4 is 39.4 Å². The first-order valence-corrected chi connectivity index (χ1v) is 13.6. The average Bonchev–Trinajstić information content (AvgIpc) is 3.37. The third-order valence-corrected chi connectivity index (χ3v) is 6.89. The highest BCUT2D eigenvalue weighted by Crippen LogP contribution is 2.32. The summed E-state index contributed by atoms with van der Waals surface area (Å²) in [7, 11) is 0. The molecule has 42 heavy (non-hydrogen) atoms.